The average molecular weight is 215 g/mol. The van der Waals surface area contributed by atoms with Gasteiger partial charge in [-0.3, -0.25) is 11.2 Å². The van der Waals surface area contributed by atoms with Gasteiger partial charge in [0.25, 0.3) is 0 Å². The summed E-state index contributed by atoms with van der Waals surface area (Å²) in [5.41, 5.74) is 2.25. The topological polar surface area (TPSA) is 178 Å². The zero-order valence-corrected chi connectivity index (χ0v) is 7.41. The van der Waals surface area contributed by atoms with Crippen LogP contribution in [0.1, 0.15) is 0 Å². The summed E-state index contributed by atoms with van der Waals surface area (Å²) in [7, 11) is 0. The van der Waals surface area contributed by atoms with Crippen molar-refractivity contribution in [3.05, 3.63) is 16.5 Å². The summed E-state index contributed by atoms with van der Waals surface area (Å²) in [6.07, 6.45) is -1.14. The van der Waals surface area contributed by atoms with Crippen molar-refractivity contribution in [1.29, 1.82) is 0 Å². The molecule has 0 spiro atoms. The number of hydrogen-bond acceptors (Lipinski definition) is 10. The highest BCUT2D eigenvalue weighted by atomic mass is 16.6. The van der Waals surface area contributed by atoms with Crippen LogP contribution >= 0.6 is 0 Å². The number of nitrogens with zero attached hydrogens (tertiary/aromatic N) is 4. The Bertz CT molecular complexity index is 333. The number of nitroso groups, excluding NO2 is 1. The fourth-order valence-electron chi connectivity index (χ4n) is 0.914. The van der Waals surface area contributed by atoms with Gasteiger partial charge >= 0.3 is 0 Å². The van der Waals surface area contributed by atoms with Crippen LogP contribution in [0.3, 0.4) is 0 Å². The molecule has 0 saturated heterocycles. The normalized spacial score (nSPS) is 20.9. The molecule has 0 amide bonds. The standard InChI is InChI=1S/C4H9N9O2/c5-10-1-2(12-14)8-4(11-13-6)9-3(1)15-7/h2,10H,5,7H2,(H3,6,8,9,11). The number of guanidine groups is 1. The van der Waals surface area contributed by atoms with E-state index in [0.29, 0.717) is 0 Å². The summed E-state index contributed by atoms with van der Waals surface area (Å²) in [6.45, 7) is 0. The second kappa shape index (κ2) is 4.83. The lowest BCUT2D eigenvalue weighted by Gasteiger charge is -2.19. The van der Waals surface area contributed by atoms with Crippen molar-refractivity contribution in [2.75, 3.05) is 0 Å². The molecule has 1 heterocycles. The van der Waals surface area contributed by atoms with E-state index >= 15 is 0 Å². The molecular weight excluding hydrogens is 206 g/mol. The van der Waals surface area contributed by atoms with Crippen molar-refractivity contribution in [2.24, 2.45) is 38.1 Å². The van der Waals surface area contributed by atoms with E-state index in [4.69, 9.17) is 17.6 Å². The average Bonchev–Trinajstić information content (AvgIpc) is 2.28. The Balaban J connectivity index is 3.01. The van der Waals surface area contributed by atoms with Crippen molar-refractivity contribution >= 4 is 5.96 Å². The molecule has 0 saturated carbocycles. The predicted molar refractivity (Wildman–Crippen MR) is 48.8 cm³/mol. The van der Waals surface area contributed by atoms with Crippen molar-refractivity contribution in [3.8, 4) is 0 Å². The lowest BCUT2D eigenvalue weighted by atomic mass is 10.3. The van der Waals surface area contributed by atoms with Gasteiger partial charge in [-0.25, -0.2) is 4.99 Å². The summed E-state index contributed by atoms with van der Waals surface area (Å²) >= 11 is 0. The summed E-state index contributed by atoms with van der Waals surface area (Å²) < 4.78 is 0. The number of hydrazine groups is 1. The van der Waals surface area contributed by atoms with Crippen molar-refractivity contribution in [3.63, 3.8) is 0 Å². The molecule has 82 valence electrons. The molecule has 1 unspecified atom stereocenters. The molecule has 0 aromatic rings. The summed E-state index contributed by atoms with van der Waals surface area (Å²) in [4.78, 5) is 18.5. The first-order valence-electron chi connectivity index (χ1n) is 3.62. The summed E-state index contributed by atoms with van der Waals surface area (Å²) in [6, 6.07) is 0. The second-order valence-electron chi connectivity index (χ2n) is 2.28. The molecule has 0 aromatic carbocycles. The molecule has 1 rings (SSSR count). The molecule has 0 aliphatic carbocycles. The fourth-order valence-corrected chi connectivity index (χ4v) is 0.914. The van der Waals surface area contributed by atoms with E-state index < -0.39 is 6.17 Å². The maximum absolute atomic E-state index is 10.4. The van der Waals surface area contributed by atoms with Gasteiger partial charge in [-0.05, 0) is 5.18 Å². The molecule has 0 radical (unpaired) electrons. The molecule has 0 aromatic heterocycles. The number of hydrogen-bond donors (Lipinski definition) is 5. The maximum Gasteiger partial charge on any atom is 0.249 e. The van der Waals surface area contributed by atoms with Gasteiger partial charge in [0.2, 0.25) is 18.0 Å². The third kappa shape index (κ3) is 2.15. The highest BCUT2D eigenvalue weighted by Crippen LogP contribution is 2.13. The monoisotopic (exact) mass is 215 g/mol. The molecule has 1 aliphatic rings. The Hall–Kier alpha value is -2.27. The molecule has 1 aliphatic heterocycles. The maximum atomic E-state index is 10.4. The Morgan fingerprint density at radius 3 is 2.80 bits per heavy atom. The first kappa shape index (κ1) is 10.8. The first-order chi connectivity index (χ1) is 7.26. The molecule has 15 heavy (non-hydrogen) atoms. The van der Waals surface area contributed by atoms with E-state index in [-0.39, 0.29) is 17.5 Å². The molecule has 11 nitrogen and oxygen atoms in total. The van der Waals surface area contributed by atoms with E-state index in [0.717, 1.165) is 0 Å². The van der Waals surface area contributed by atoms with Gasteiger partial charge in [0.05, 0.1) is 0 Å². The van der Waals surface area contributed by atoms with Crippen LogP contribution in [0.15, 0.2) is 32.1 Å². The third-order valence-corrected chi connectivity index (χ3v) is 1.50. The van der Waals surface area contributed by atoms with Crippen LogP contribution < -0.4 is 28.3 Å². The Morgan fingerprint density at radius 1 is 1.60 bits per heavy atom. The van der Waals surface area contributed by atoms with E-state index in [1.807, 2.05) is 0 Å². The minimum absolute atomic E-state index is 0.0421. The SMILES string of the molecule is NN=NC1=NC(N=O)C(NN)=C(ON)N1. The Labute approximate surface area is 83.3 Å². The van der Waals surface area contributed by atoms with Gasteiger partial charge in [-0.1, -0.05) is 10.3 Å². The number of nitrogens with two attached hydrogens (primary N) is 3. The smallest absolute Gasteiger partial charge is 0.249 e. The first-order valence-corrected chi connectivity index (χ1v) is 3.62. The minimum atomic E-state index is -1.14. The predicted octanol–water partition coefficient (Wildman–Crippen LogP) is -2.11. The quantitative estimate of drug-likeness (QED) is 0.154. The Kier molecular flexibility index (Phi) is 3.48. The van der Waals surface area contributed by atoms with Crippen LogP contribution in [0.5, 0.6) is 0 Å². The minimum Gasteiger partial charge on any atom is -0.391 e. The highest BCUT2D eigenvalue weighted by molar-refractivity contribution is 5.83. The molecule has 0 fully saturated rings. The van der Waals surface area contributed by atoms with Crippen LogP contribution in [0, 0.1) is 4.91 Å². The van der Waals surface area contributed by atoms with Gasteiger partial charge in [-0.15, -0.1) is 4.91 Å². The second-order valence-corrected chi connectivity index (χ2v) is 2.28. The van der Waals surface area contributed by atoms with Crippen LogP contribution in [-0.2, 0) is 4.84 Å². The Morgan fingerprint density at radius 2 is 2.33 bits per heavy atom. The largest absolute Gasteiger partial charge is 0.391 e. The van der Waals surface area contributed by atoms with Crippen LogP contribution in [-0.4, -0.2) is 12.1 Å². The van der Waals surface area contributed by atoms with E-state index in [1.54, 1.807) is 0 Å². The molecule has 8 N–H and O–H groups in total. The van der Waals surface area contributed by atoms with Gasteiger partial charge in [0, 0.05) is 0 Å². The molecule has 11 heteroatoms. The van der Waals surface area contributed by atoms with E-state index in [2.05, 4.69) is 36.1 Å². The van der Waals surface area contributed by atoms with Gasteiger partial charge in [-0.2, -0.15) is 5.90 Å². The van der Waals surface area contributed by atoms with E-state index in [1.165, 1.54) is 0 Å². The lowest BCUT2D eigenvalue weighted by molar-refractivity contribution is 0.197. The lowest BCUT2D eigenvalue weighted by Crippen LogP contribution is -2.40. The van der Waals surface area contributed by atoms with Crippen molar-refractivity contribution in [2.45, 2.75) is 6.17 Å². The summed E-state index contributed by atoms with van der Waals surface area (Å²) in [5.74, 6) is 14.7. The molecular formula is C4H9N9O2. The van der Waals surface area contributed by atoms with Crippen LogP contribution in [0.2, 0.25) is 0 Å². The number of rotatable bonds is 3. The zero-order chi connectivity index (χ0) is 11.3. The molecule has 0 bridgehead atoms. The number of aliphatic imine (C=N–C) groups is 1. The number of nitrogens with one attached hydrogen (secondary N) is 2. The van der Waals surface area contributed by atoms with Crippen molar-refractivity contribution in [1.82, 2.24) is 10.7 Å². The summed E-state index contributed by atoms with van der Waals surface area (Å²) in [5, 5.41) is 11.5. The fraction of sp³-hybridized carbons (Fsp3) is 0.250. The van der Waals surface area contributed by atoms with Crippen molar-refractivity contribution < 1.29 is 4.84 Å². The van der Waals surface area contributed by atoms with Gasteiger partial charge in [0.15, 0.2) is 0 Å². The van der Waals surface area contributed by atoms with Crippen LogP contribution in [0.25, 0.3) is 0 Å². The highest BCUT2D eigenvalue weighted by Gasteiger charge is 2.26. The van der Waals surface area contributed by atoms with E-state index in [9.17, 15) is 4.91 Å². The van der Waals surface area contributed by atoms with Crippen LogP contribution in [0.4, 0.5) is 0 Å². The molecule has 1 atom stereocenters. The van der Waals surface area contributed by atoms with Gasteiger partial charge < -0.3 is 16.1 Å². The third-order valence-electron chi connectivity index (χ3n) is 1.50. The van der Waals surface area contributed by atoms with Gasteiger partial charge in [0.1, 0.15) is 5.70 Å². The zero-order valence-electron chi connectivity index (χ0n) is 7.41.